The minimum Gasteiger partial charge on any atom is -0.462 e. The van der Waals surface area contributed by atoms with Gasteiger partial charge < -0.3 is 14.2 Å². The van der Waals surface area contributed by atoms with Crippen molar-refractivity contribution in [3.8, 4) is 0 Å². The average molecular weight is 1070 g/mol. The summed E-state index contributed by atoms with van der Waals surface area (Å²) < 4.78 is 16.9. The Bertz CT molecular complexity index is 1650. The Morgan fingerprint density at radius 3 is 0.792 bits per heavy atom. The van der Waals surface area contributed by atoms with Crippen LogP contribution in [0.5, 0.6) is 0 Å². The molecule has 0 saturated carbocycles. The van der Waals surface area contributed by atoms with Crippen molar-refractivity contribution in [2.75, 3.05) is 13.2 Å². The lowest BCUT2D eigenvalue weighted by Crippen LogP contribution is -2.30. The molecule has 0 fully saturated rings. The highest BCUT2D eigenvalue weighted by Gasteiger charge is 2.19. The highest BCUT2D eigenvalue weighted by molar-refractivity contribution is 5.71. The molecule has 6 nitrogen and oxygen atoms in total. The fourth-order valence-electron chi connectivity index (χ4n) is 8.43. The Hall–Kier alpha value is -4.45. The Balaban J connectivity index is 4.42. The van der Waals surface area contributed by atoms with E-state index in [2.05, 4.69) is 154 Å². The van der Waals surface area contributed by atoms with Crippen molar-refractivity contribution in [2.45, 2.75) is 284 Å². The Labute approximate surface area is 475 Å². The largest absolute Gasteiger partial charge is 0.462 e. The lowest BCUT2D eigenvalue weighted by atomic mass is 10.1. The van der Waals surface area contributed by atoms with Crippen molar-refractivity contribution in [3.63, 3.8) is 0 Å². The minimum absolute atomic E-state index is 0.0953. The van der Waals surface area contributed by atoms with Crippen LogP contribution in [0.4, 0.5) is 0 Å². The van der Waals surface area contributed by atoms with Gasteiger partial charge in [-0.25, -0.2) is 0 Å². The zero-order chi connectivity index (χ0) is 55.7. The summed E-state index contributed by atoms with van der Waals surface area (Å²) in [6, 6.07) is 0. The van der Waals surface area contributed by atoms with E-state index in [0.29, 0.717) is 19.3 Å². The second-order valence-corrected chi connectivity index (χ2v) is 20.5. The van der Waals surface area contributed by atoms with Crippen LogP contribution in [0.1, 0.15) is 278 Å². The van der Waals surface area contributed by atoms with Crippen LogP contribution in [0.25, 0.3) is 0 Å². The molecule has 0 saturated heterocycles. The van der Waals surface area contributed by atoms with Gasteiger partial charge in [0.05, 0.1) is 0 Å². The van der Waals surface area contributed by atoms with Gasteiger partial charge in [0.15, 0.2) is 6.10 Å². The fourth-order valence-corrected chi connectivity index (χ4v) is 8.43. The van der Waals surface area contributed by atoms with E-state index in [1.165, 1.54) is 77.0 Å². The maximum Gasteiger partial charge on any atom is 0.306 e. The molecule has 0 aliphatic heterocycles. The molecule has 0 aromatic carbocycles. The van der Waals surface area contributed by atoms with E-state index in [1.54, 1.807) is 0 Å². The Morgan fingerprint density at radius 1 is 0.273 bits per heavy atom. The van der Waals surface area contributed by atoms with Crippen LogP contribution in [-0.4, -0.2) is 37.2 Å². The predicted octanol–water partition coefficient (Wildman–Crippen LogP) is 21.8. The first-order valence-electron chi connectivity index (χ1n) is 31.7. The molecule has 0 heterocycles. The number of carbonyl (C=O) groups is 3. The quantitative estimate of drug-likeness (QED) is 0.0261. The number of rotatable bonds is 56. The van der Waals surface area contributed by atoms with Gasteiger partial charge in [-0.1, -0.05) is 257 Å². The highest BCUT2D eigenvalue weighted by Crippen LogP contribution is 2.15. The first kappa shape index (κ1) is 72.5. The molecule has 0 aliphatic carbocycles. The standard InChI is InChI=1S/C71H116O6/c1-4-7-10-13-16-19-22-25-28-30-32-33-34-35-36-37-39-40-43-46-49-52-55-58-61-64-70(73)76-67-68(66-75-69(72)63-60-57-54-51-48-45-42-27-24-21-18-15-12-9-6-3)77-71(74)65-62-59-56-53-50-47-44-41-38-31-29-26-23-20-17-14-11-8-5-2/h7-8,10-11,16-21,25-29,32-33,35-36,38,41-42,68H,4-6,9,12-15,22-24,30-31,34,37,39-40,43-67H2,1-3H3/b10-7-,11-8-,19-16-,20-17-,21-18-,28-25-,29-26-,33-32-,36-35-,41-38-,42-27-. The maximum atomic E-state index is 12.9. The minimum atomic E-state index is -0.800. The smallest absolute Gasteiger partial charge is 0.306 e. The molecule has 0 aromatic heterocycles. The summed E-state index contributed by atoms with van der Waals surface area (Å²) in [5.74, 6) is -0.927. The van der Waals surface area contributed by atoms with Crippen molar-refractivity contribution in [1.82, 2.24) is 0 Å². The second-order valence-electron chi connectivity index (χ2n) is 20.5. The molecule has 436 valence electrons. The molecule has 77 heavy (non-hydrogen) atoms. The molecule has 0 rings (SSSR count). The Kier molecular flexibility index (Phi) is 60.4. The van der Waals surface area contributed by atoms with Crippen LogP contribution in [-0.2, 0) is 28.6 Å². The molecule has 0 aromatic rings. The van der Waals surface area contributed by atoms with Gasteiger partial charge in [0.25, 0.3) is 0 Å². The van der Waals surface area contributed by atoms with Crippen LogP contribution in [0.15, 0.2) is 134 Å². The van der Waals surface area contributed by atoms with E-state index in [4.69, 9.17) is 14.2 Å². The summed E-state index contributed by atoms with van der Waals surface area (Å²) in [5.41, 5.74) is 0. The number of esters is 3. The summed E-state index contributed by atoms with van der Waals surface area (Å²) in [5, 5.41) is 0. The van der Waals surface area contributed by atoms with Crippen LogP contribution in [0, 0.1) is 0 Å². The van der Waals surface area contributed by atoms with Gasteiger partial charge >= 0.3 is 17.9 Å². The van der Waals surface area contributed by atoms with Crippen LogP contribution in [0.3, 0.4) is 0 Å². The van der Waals surface area contributed by atoms with Crippen molar-refractivity contribution < 1.29 is 28.6 Å². The third-order valence-electron chi connectivity index (χ3n) is 13.1. The normalized spacial score (nSPS) is 13.0. The van der Waals surface area contributed by atoms with Crippen molar-refractivity contribution >= 4 is 17.9 Å². The fraction of sp³-hybridized carbons (Fsp3) is 0.648. The summed E-state index contributed by atoms with van der Waals surface area (Å²) in [6.45, 7) is 6.37. The van der Waals surface area contributed by atoms with Gasteiger partial charge in [0.1, 0.15) is 13.2 Å². The van der Waals surface area contributed by atoms with Gasteiger partial charge in [0.2, 0.25) is 0 Å². The SMILES string of the molecule is CC/C=C\C/C=C\C/C=C\C/C=C\C/C=C\CCCCCCCCCCCC(=O)OCC(COC(=O)CCCCCCC/C=C\C/C=C\CCCCC)OC(=O)CCCCCCCC/C=C\C/C=C\C/C=C\C/C=C\CC. The van der Waals surface area contributed by atoms with E-state index in [0.717, 1.165) is 161 Å². The van der Waals surface area contributed by atoms with E-state index < -0.39 is 6.10 Å². The first-order valence-corrected chi connectivity index (χ1v) is 31.7. The lowest BCUT2D eigenvalue weighted by molar-refractivity contribution is -0.167. The van der Waals surface area contributed by atoms with E-state index in [1.807, 2.05) is 0 Å². The molecule has 0 aliphatic rings. The molecule has 0 spiro atoms. The number of hydrogen-bond acceptors (Lipinski definition) is 6. The highest BCUT2D eigenvalue weighted by atomic mass is 16.6. The van der Waals surface area contributed by atoms with Gasteiger partial charge in [-0.15, -0.1) is 0 Å². The molecule has 1 unspecified atom stereocenters. The summed E-state index contributed by atoms with van der Waals surface area (Å²) in [4.78, 5) is 38.3. The maximum absolute atomic E-state index is 12.9. The molecular weight excluding hydrogens is 949 g/mol. The monoisotopic (exact) mass is 1060 g/mol. The van der Waals surface area contributed by atoms with Gasteiger partial charge in [-0.3, -0.25) is 14.4 Å². The topological polar surface area (TPSA) is 78.9 Å². The molecule has 0 bridgehead atoms. The van der Waals surface area contributed by atoms with Gasteiger partial charge in [-0.05, 0) is 135 Å². The summed E-state index contributed by atoms with van der Waals surface area (Å²) in [7, 11) is 0. The van der Waals surface area contributed by atoms with E-state index in [-0.39, 0.29) is 31.1 Å². The van der Waals surface area contributed by atoms with Crippen LogP contribution in [0.2, 0.25) is 0 Å². The second kappa shape index (κ2) is 64.1. The third kappa shape index (κ3) is 62.3. The van der Waals surface area contributed by atoms with Crippen molar-refractivity contribution in [1.29, 1.82) is 0 Å². The third-order valence-corrected chi connectivity index (χ3v) is 13.1. The number of carbonyl (C=O) groups excluding carboxylic acids is 3. The van der Waals surface area contributed by atoms with Gasteiger partial charge in [0, 0.05) is 19.3 Å². The Morgan fingerprint density at radius 2 is 0.506 bits per heavy atom. The van der Waals surface area contributed by atoms with E-state index in [9.17, 15) is 14.4 Å². The molecular formula is C71H116O6. The number of allylic oxidation sites excluding steroid dienone is 22. The van der Waals surface area contributed by atoms with E-state index >= 15 is 0 Å². The molecule has 0 radical (unpaired) electrons. The van der Waals surface area contributed by atoms with Crippen LogP contribution < -0.4 is 0 Å². The molecule has 1 atom stereocenters. The van der Waals surface area contributed by atoms with Crippen molar-refractivity contribution in [2.24, 2.45) is 0 Å². The van der Waals surface area contributed by atoms with Crippen LogP contribution >= 0.6 is 0 Å². The predicted molar refractivity (Wildman–Crippen MR) is 334 cm³/mol. The summed E-state index contributed by atoms with van der Waals surface area (Å²) >= 11 is 0. The zero-order valence-electron chi connectivity index (χ0n) is 49.9. The zero-order valence-corrected chi connectivity index (χ0v) is 49.9. The molecule has 0 amide bonds. The summed E-state index contributed by atoms with van der Waals surface area (Å²) in [6.07, 6.45) is 90.2. The van der Waals surface area contributed by atoms with Gasteiger partial charge in [-0.2, -0.15) is 0 Å². The molecule has 6 heteroatoms. The average Bonchev–Trinajstić information content (AvgIpc) is 3.43. The van der Waals surface area contributed by atoms with Crippen molar-refractivity contribution in [3.05, 3.63) is 134 Å². The number of unbranched alkanes of at least 4 members (excludes halogenated alkanes) is 23. The number of hydrogen-bond donors (Lipinski definition) is 0. The number of ether oxygens (including phenoxy) is 3. The lowest BCUT2D eigenvalue weighted by Gasteiger charge is -2.18. The molecule has 0 N–H and O–H groups in total. The first-order chi connectivity index (χ1) is 38.0.